The Balaban J connectivity index is 2.64. The first-order valence-electron chi connectivity index (χ1n) is 5.26. The number of nitrogens with zero attached hydrogens (tertiary/aromatic N) is 1. The Kier molecular flexibility index (Phi) is 5.10. The fourth-order valence-electron chi connectivity index (χ4n) is 1.41. The predicted molar refractivity (Wildman–Crippen MR) is 70.7 cm³/mol. The molecule has 0 heterocycles. The molecule has 0 spiro atoms. The maximum atomic E-state index is 10.9. The first kappa shape index (κ1) is 15.7. The molecule has 0 aliphatic rings. The molecule has 0 saturated carbocycles. The van der Waals surface area contributed by atoms with Gasteiger partial charge in [0.1, 0.15) is 10.8 Å². The van der Waals surface area contributed by atoms with Gasteiger partial charge in [-0.2, -0.15) is 0 Å². The molecule has 0 radical (unpaired) electrons. The number of primary sulfonamides is 1. The van der Waals surface area contributed by atoms with Crippen LogP contribution in [0.4, 0.5) is 5.69 Å². The summed E-state index contributed by atoms with van der Waals surface area (Å²) in [6.45, 7) is 1.78. The van der Waals surface area contributed by atoms with E-state index >= 15 is 0 Å². The van der Waals surface area contributed by atoms with Crippen molar-refractivity contribution >= 4 is 27.3 Å². The van der Waals surface area contributed by atoms with Gasteiger partial charge in [0.2, 0.25) is 10.0 Å². The lowest BCUT2D eigenvalue weighted by molar-refractivity contribution is -0.384. The monoisotopic (exact) mass is 308 g/mol. The topological polar surface area (TPSA) is 113 Å². The van der Waals surface area contributed by atoms with Crippen molar-refractivity contribution in [3.8, 4) is 5.75 Å². The summed E-state index contributed by atoms with van der Waals surface area (Å²) in [4.78, 5) is 9.95. The highest BCUT2D eigenvalue weighted by Gasteiger charge is 2.14. The summed E-state index contributed by atoms with van der Waals surface area (Å²) in [7, 11) is -3.55. The summed E-state index contributed by atoms with van der Waals surface area (Å²) in [5.74, 6) is -0.172. The Hall–Kier alpha value is -1.38. The summed E-state index contributed by atoms with van der Waals surface area (Å²) < 4.78 is 27.0. The summed E-state index contributed by atoms with van der Waals surface area (Å²) in [5, 5.41) is 15.4. The van der Waals surface area contributed by atoms with E-state index in [2.05, 4.69) is 0 Å². The summed E-state index contributed by atoms with van der Waals surface area (Å²) in [6.07, 6.45) is 0. The maximum Gasteiger partial charge on any atom is 0.288 e. The number of nitrogens with two attached hydrogens (primary N) is 1. The molecule has 0 amide bonds. The van der Waals surface area contributed by atoms with Gasteiger partial charge in [0, 0.05) is 18.1 Å². The molecule has 106 valence electrons. The van der Waals surface area contributed by atoms with Crippen molar-refractivity contribution in [3.05, 3.63) is 33.3 Å². The van der Waals surface area contributed by atoms with E-state index in [0.29, 0.717) is 5.75 Å². The van der Waals surface area contributed by atoms with E-state index in [9.17, 15) is 18.5 Å². The van der Waals surface area contributed by atoms with Crippen LogP contribution in [0.3, 0.4) is 0 Å². The zero-order valence-electron chi connectivity index (χ0n) is 10.1. The number of sulfonamides is 1. The number of nitro groups is 1. The van der Waals surface area contributed by atoms with Gasteiger partial charge in [-0.25, -0.2) is 13.6 Å². The second kappa shape index (κ2) is 6.18. The Labute approximate surface area is 115 Å². The van der Waals surface area contributed by atoms with E-state index in [0.717, 1.165) is 0 Å². The van der Waals surface area contributed by atoms with E-state index in [1.165, 1.54) is 18.2 Å². The third kappa shape index (κ3) is 5.41. The highest BCUT2D eigenvalue weighted by Crippen LogP contribution is 2.28. The molecular weight excluding hydrogens is 296 g/mol. The van der Waals surface area contributed by atoms with Crippen LogP contribution >= 0.6 is 11.6 Å². The quantitative estimate of drug-likeness (QED) is 0.633. The molecule has 2 N–H and O–H groups in total. The van der Waals surface area contributed by atoms with Crippen LogP contribution in [0, 0.1) is 16.0 Å². The number of ether oxygens (including phenoxy) is 1. The van der Waals surface area contributed by atoms with Gasteiger partial charge in [-0.1, -0.05) is 18.5 Å². The van der Waals surface area contributed by atoms with Crippen LogP contribution in [-0.2, 0) is 10.0 Å². The molecule has 1 atom stereocenters. The Bertz CT molecular complexity index is 575. The third-order valence-electron chi connectivity index (χ3n) is 2.17. The maximum absolute atomic E-state index is 10.9. The van der Waals surface area contributed by atoms with E-state index in [1.54, 1.807) is 6.92 Å². The normalized spacial score (nSPS) is 13.0. The predicted octanol–water partition coefficient (Wildman–Crippen LogP) is 1.55. The van der Waals surface area contributed by atoms with E-state index in [-0.39, 0.29) is 29.0 Å². The molecule has 0 aliphatic carbocycles. The molecule has 1 aromatic rings. The van der Waals surface area contributed by atoms with E-state index in [4.69, 9.17) is 21.5 Å². The van der Waals surface area contributed by atoms with Crippen LogP contribution in [0.15, 0.2) is 18.2 Å². The Morgan fingerprint density at radius 1 is 1.53 bits per heavy atom. The van der Waals surface area contributed by atoms with Crippen molar-refractivity contribution in [3.63, 3.8) is 0 Å². The van der Waals surface area contributed by atoms with Crippen molar-refractivity contribution in [1.29, 1.82) is 0 Å². The number of halogens is 1. The first-order valence-corrected chi connectivity index (χ1v) is 7.35. The van der Waals surface area contributed by atoms with Crippen molar-refractivity contribution in [2.75, 3.05) is 12.4 Å². The van der Waals surface area contributed by atoms with Gasteiger partial charge in [0.25, 0.3) is 5.69 Å². The molecule has 0 aromatic heterocycles. The summed E-state index contributed by atoms with van der Waals surface area (Å²) in [6, 6.07) is 3.93. The molecular formula is C10H13ClN2O5S. The first-order chi connectivity index (χ1) is 8.69. The lowest BCUT2D eigenvalue weighted by Gasteiger charge is -2.12. The summed E-state index contributed by atoms with van der Waals surface area (Å²) >= 11 is 5.71. The molecule has 0 saturated heterocycles. The van der Waals surface area contributed by atoms with Crippen LogP contribution in [0.1, 0.15) is 6.92 Å². The molecule has 19 heavy (non-hydrogen) atoms. The minimum Gasteiger partial charge on any atom is -0.493 e. The van der Waals surface area contributed by atoms with Crippen LogP contribution in [0.5, 0.6) is 5.75 Å². The zero-order chi connectivity index (χ0) is 14.6. The highest BCUT2D eigenvalue weighted by atomic mass is 35.5. The van der Waals surface area contributed by atoms with Crippen LogP contribution in [-0.4, -0.2) is 25.7 Å². The molecule has 1 unspecified atom stereocenters. The van der Waals surface area contributed by atoms with Crippen molar-refractivity contribution < 1.29 is 18.1 Å². The van der Waals surface area contributed by atoms with Gasteiger partial charge >= 0.3 is 0 Å². The smallest absolute Gasteiger partial charge is 0.288 e. The van der Waals surface area contributed by atoms with E-state index in [1.807, 2.05) is 0 Å². The average molecular weight is 309 g/mol. The second-order valence-corrected chi connectivity index (χ2v) is 6.18. The summed E-state index contributed by atoms with van der Waals surface area (Å²) in [5.41, 5.74) is -0.216. The fourth-order valence-corrected chi connectivity index (χ4v) is 2.54. The standard InChI is InChI=1S/C10H13ClN2O5S/c1-7(6-19(12,16)17)5-18-8-2-3-10(13(14)15)9(11)4-8/h2-4,7H,5-6H2,1H3,(H2,12,16,17). The van der Waals surface area contributed by atoms with Crippen LogP contribution < -0.4 is 9.88 Å². The van der Waals surface area contributed by atoms with Crippen molar-refractivity contribution in [1.82, 2.24) is 0 Å². The number of benzene rings is 1. The number of nitro benzene ring substituents is 1. The third-order valence-corrected chi connectivity index (χ3v) is 3.50. The average Bonchev–Trinajstić information content (AvgIpc) is 2.23. The zero-order valence-corrected chi connectivity index (χ0v) is 11.6. The van der Waals surface area contributed by atoms with Gasteiger partial charge < -0.3 is 4.74 Å². The molecule has 0 fully saturated rings. The molecule has 0 bridgehead atoms. The second-order valence-electron chi connectivity index (χ2n) is 4.12. The number of hydrogen-bond donors (Lipinski definition) is 1. The van der Waals surface area contributed by atoms with Crippen LogP contribution in [0.2, 0.25) is 5.02 Å². The molecule has 1 rings (SSSR count). The molecule has 0 aliphatic heterocycles. The lowest BCUT2D eigenvalue weighted by atomic mass is 10.2. The fraction of sp³-hybridized carbons (Fsp3) is 0.400. The van der Waals surface area contributed by atoms with Crippen molar-refractivity contribution in [2.24, 2.45) is 11.1 Å². The van der Waals surface area contributed by atoms with Crippen molar-refractivity contribution in [2.45, 2.75) is 6.92 Å². The molecule has 7 nitrogen and oxygen atoms in total. The van der Waals surface area contributed by atoms with Gasteiger partial charge in [-0.15, -0.1) is 0 Å². The minimum absolute atomic E-state index is 0.0402. The highest BCUT2D eigenvalue weighted by molar-refractivity contribution is 7.89. The van der Waals surface area contributed by atoms with Gasteiger partial charge in [-0.3, -0.25) is 10.1 Å². The lowest BCUT2D eigenvalue weighted by Crippen LogP contribution is -2.25. The Morgan fingerprint density at radius 2 is 2.16 bits per heavy atom. The van der Waals surface area contributed by atoms with E-state index < -0.39 is 14.9 Å². The number of rotatable bonds is 6. The SMILES string of the molecule is CC(COc1ccc([N+](=O)[O-])c(Cl)c1)CS(N)(=O)=O. The minimum atomic E-state index is -3.55. The molecule has 9 heteroatoms. The Morgan fingerprint density at radius 3 is 2.63 bits per heavy atom. The van der Waals surface area contributed by atoms with Gasteiger partial charge in [-0.05, 0) is 6.07 Å². The van der Waals surface area contributed by atoms with Crippen LogP contribution in [0.25, 0.3) is 0 Å². The van der Waals surface area contributed by atoms with Gasteiger partial charge in [0.05, 0.1) is 17.3 Å². The largest absolute Gasteiger partial charge is 0.493 e. The van der Waals surface area contributed by atoms with Gasteiger partial charge in [0.15, 0.2) is 0 Å². The number of hydrogen-bond acceptors (Lipinski definition) is 5. The molecule has 1 aromatic carbocycles.